The number of para-hydroxylation sites is 1. The van der Waals surface area contributed by atoms with Crippen molar-refractivity contribution in [1.29, 1.82) is 0 Å². The van der Waals surface area contributed by atoms with Crippen LogP contribution in [0.1, 0.15) is 35.7 Å². The van der Waals surface area contributed by atoms with Crippen molar-refractivity contribution in [3.8, 4) is 0 Å². The van der Waals surface area contributed by atoms with Gasteiger partial charge in [-0.2, -0.15) is 0 Å². The van der Waals surface area contributed by atoms with Crippen LogP contribution < -0.4 is 5.32 Å². The fourth-order valence-corrected chi connectivity index (χ4v) is 3.62. The molecule has 0 amide bonds. The summed E-state index contributed by atoms with van der Waals surface area (Å²) in [6.07, 6.45) is 0. The molecular weight excluding hydrogens is 300 g/mol. The van der Waals surface area contributed by atoms with E-state index in [1.807, 2.05) is 25.1 Å². The SMILES string of the molecule is CCOC(=O)C1NCC(c2ccccc2)c2c1[nH]c1ccccc21. The predicted octanol–water partition coefficient (Wildman–Crippen LogP) is 3.51. The van der Waals surface area contributed by atoms with Crippen molar-refractivity contribution >= 4 is 16.9 Å². The fraction of sp³-hybridized carbons (Fsp3) is 0.250. The normalized spacial score (nSPS) is 19.9. The lowest BCUT2D eigenvalue weighted by Crippen LogP contribution is -2.38. The summed E-state index contributed by atoms with van der Waals surface area (Å²) >= 11 is 0. The standard InChI is InChI=1S/C20H20N2O2/c1-2-24-20(23)19-18-17(14-10-6-7-11-16(14)22-18)15(12-21-19)13-8-4-3-5-9-13/h3-11,15,19,21-22H,2,12H2,1H3. The van der Waals surface area contributed by atoms with Gasteiger partial charge in [0.25, 0.3) is 0 Å². The fourth-order valence-electron chi connectivity index (χ4n) is 3.62. The first-order valence-corrected chi connectivity index (χ1v) is 8.35. The molecule has 0 saturated carbocycles. The van der Waals surface area contributed by atoms with Crippen molar-refractivity contribution in [3.05, 3.63) is 71.4 Å². The summed E-state index contributed by atoms with van der Waals surface area (Å²) in [7, 11) is 0. The Hall–Kier alpha value is -2.59. The van der Waals surface area contributed by atoms with Crippen LogP contribution in [-0.2, 0) is 9.53 Å². The molecule has 1 aromatic heterocycles. The molecule has 1 aliphatic heterocycles. The monoisotopic (exact) mass is 320 g/mol. The molecule has 2 unspecified atom stereocenters. The van der Waals surface area contributed by atoms with E-state index in [1.54, 1.807) is 0 Å². The Bertz CT molecular complexity index is 870. The average Bonchev–Trinajstić information content (AvgIpc) is 3.01. The van der Waals surface area contributed by atoms with Crippen LogP contribution in [0.2, 0.25) is 0 Å². The highest BCUT2D eigenvalue weighted by Crippen LogP contribution is 2.39. The lowest BCUT2D eigenvalue weighted by Gasteiger charge is -2.29. The van der Waals surface area contributed by atoms with Crippen molar-refractivity contribution in [3.63, 3.8) is 0 Å². The Morgan fingerprint density at radius 1 is 1.12 bits per heavy atom. The van der Waals surface area contributed by atoms with Gasteiger partial charge in [-0.25, -0.2) is 4.79 Å². The minimum absolute atomic E-state index is 0.211. The molecule has 4 nitrogen and oxygen atoms in total. The molecule has 4 heteroatoms. The van der Waals surface area contributed by atoms with Crippen molar-refractivity contribution in [1.82, 2.24) is 10.3 Å². The Morgan fingerprint density at radius 2 is 1.88 bits per heavy atom. The second-order valence-corrected chi connectivity index (χ2v) is 6.05. The van der Waals surface area contributed by atoms with Crippen LogP contribution in [0, 0.1) is 0 Å². The van der Waals surface area contributed by atoms with Crippen LogP contribution in [-0.4, -0.2) is 24.1 Å². The van der Waals surface area contributed by atoms with Gasteiger partial charge in [-0.05, 0) is 24.1 Å². The quantitative estimate of drug-likeness (QED) is 0.726. The Labute approximate surface area is 140 Å². The van der Waals surface area contributed by atoms with Crippen LogP contribution in [0.25, 0.3) is 10.9 Å². The highest BCUT2D eigenvalue weighted by molar-refractivity contribution is 5.89. The lowest BCUT2D eigenvalue weighted by atomic mass is 9.84. The molecule has 0 spiro atoms. The number of hydrogen-bond donors (Lipinski definition) is 2. The molecule has 0 bridgehead atoms. The van der Waals surface area contributed by atoms with Crippen LogP contribution in [0.4, 0.5) is 0 Å². The zero-order valence-corrected chi connectivity index (χ0v) is 13.6. The third kappa shape index (κ3) is 2.39. The van der Waals surface area contributed by atoms with Crippen LogP contribution >= 0.6 is 0 Å². The summed E-state index contributed by atoms with van der Waals surface area (Å²) in [5, 5.41) is 4.54. The van der Waals surface area contributed by atoms with E-state index in [0.717, 1.165) is 11.2 Å². The predicted molar refractivity (Wildman–Crippen MR) is 94.0 cm³/mol. The second kappa shape index (κ2) is 6.13. The van der Waals surface area contributed by atoms with Crippen LogP contribution in [0.15, 0.2) is 54.6 Å². The van der Waals surface area contributed by atoms with Gasteiger partial charge >= 0.3 is 5.97 Å². The topological polar surface area (TPSA) is 54.1 Å². The smallest absolute Gasteiger partial charge is 0.329 e. The van der Waals surface area contributed by atoms with Gasteiger partial charge < -0.3 is 9.72 Å². The van der Waals surface area contributed by atoms with Crippen LogP contribution in [0.3, 0.4) is 0 Å². The first-order valence-electron chi connectivity index (χ1n) is 8.35. The number of rotatable bonds is 3. The number of carbonyl (C=O) groups excluding carboxylic acids is 1. The second-order valence-electron chi connectivity index (χ2n) is 6.05. The maximum absolute atomic E-state index is 12.4. The van der Waals surface area contributed by atoms with E-state index in [1.165, 1.54) is 16.5 Å². The number of aromatic amines is 1. The first kappa shape index (κ1) is 15.0. The van der Waals surface area contributed by atoms with Crippen molar-refractivity contribution in [2.45, 2.75) is 18.9 Å². The molecule has 0 saturated heterocycles. The summed E-state index contributed by atoms with van der Waals surface area (Å²) in [6.45, 7) is 2.93. The number of aromatic nitrogens is 1. The molecule has 0 aliphatic carbocycles. The van der Waals surface area contributed by atoms with E-state index in [9.17, 15) is 4.79 Å². The van der Waals surface area contributed by atoms with E-state index < -0.39 is 6.04 Å². The van der Waals surface area contributed by atoms with Gasteiger partial charge in [0.2, 0.25) is 0 Å². The number of H-pyrrole nitrogens is 1. The number of benzene rings is 2. The Balaban J connectivity index is 1.88. The van der Waals surface area contributed by atoms with Gasteiger partial charge in [0, 0.05) is 29.1 Å². The van der Waals surface area contributed by atoms with Crippen molar-refractivity contribution in [2.24, 2.45) is 0 Å². The number of nitrogens with one attached hydrogen (secondary N) is 2. The average molecular weight is 320 g/mol. The first-order chi connectivity index (χ1) is 11.8. The van der Waals surface area contributed by atoms with Gasteiger partial charge in [-0.1, -0.05) is 48.5 Å². The van der Waals surface area contributed by atoms with Crippen molar-refractivity contribution in [2.75, 3.05) is 13.2 Å². The van der Waals surface area contributed by atoms with E-state index in [4.69, 9.17) is 4.74 Å². The summed E-state index contributed by atoms with van der Waals surface area (Å²) in [6, 6.07) is 18.2. The largest absolute Gasteiger partial charge is 0.465 e. The van der Waals surface area contributed by atoms with Gasteiger partial charge in [0.05, 0.1) is 6.61 Å². The van der Waals surface area contributed by atoms with E-state index in [2.05, 4.69) is 46.7 Å². The maximum atomic E-state index is 12.4. The summed E-state index contributed by atoms with van der Waals surface area (Å²) < 4.78 is 5.25. The van der Waals surface area contributed by atoms with Gasteiger partial charge in [-0.15, -0.1) is 0 Å². The Morgan fingerprint density at radius 3 is 2.67 bits per heavy atom. The van der Waals surface area contributed by atoms with Gasteiger partial charge in [0.1, 0.15) is 6.04 Å². The molecule has 0 fully saturated rings. The molecule has 2 aromatic carbocycles. The number of esters is 1. The molecule has 122 valence electrons. The molecule has 2 N–H and O–H groups in total. The number of carbonyl (C=O) groups is 1. The summed E-state index contributed by atoms with van der Waals surface area (Å²) in [5.41, 5.74) is 4.43. The minimum atomic E-state index is -0.438. The van der Waals surface area contributed by atoms with E-state index >= 15 is 0 Å². The van der Waals surface area contributed by atoms with Gasteiger partial charge in [0.15, 0.2) is 0 Å². The van der Waals surface area contributed by atoms with E-state index in [-0.39, 0.29) is 11.9 Å². The van der Waals surface area contributed by atoms with Crippen LogP contribution in [0.5, 0.6) is 0 Å². The molecule has 3 aromatic rings. The molecule has 2 heterocycles. The molecule has 2 atom stereocenters. The van der Waals surface area contributed by atoms with Gasteiger partial charge in [-0.3, -0.25) is 5.32 Å². The minimum Gasteiger partial charge on any atom is -0.465 e. The molecule has 0 radical (unpaired) electrons. The third-order valence-electron chi connectivity index (χ3n) is 4.66. The third-order valence-corrected chi connectivity index (χ3v) is 4.66. The van der Waals surface area contributed by atoms with E-state index in [0.29, 0.717) is 13.2 Å². The molecule has 1 aliphatic rings. The zero-order chi connectivity index (χ0) is 16.5. The molecular formula is C20H20N2O2. The maximum Gasteiger partial charge on any atom is 0.329 e. The number of ether oxygens (including phenoxy) is 1. The Kier molecular flexibility index (Phi) is 3.82. The highest BCUT2D eigenvalue weighted by Gasteiger charge is 2.35. The lowest BCUT2D eigenvalue weighted by molar-refractivity contribution is -0.146. The summed E-state index contributed by atoms with van der Waals surface area (Å²) in [5.74, 6) is -0.0140. The highest BCUT2D eigenvalue weighted by atomic mass is 16.5. The number of fused-ring (bicyclic) bond motifs is 3. The number of hydrogen-bond acceptors (Lipinski definition) is 3. The van der Waals surface area contributed by atoms with Crippen molar-refractivity contribution < 1.29 is 9.53 Å². The summed E-state index contributed by atoms with van der Waals surface area (Å²) in [4.78, 5) is 15.8. The molecule has 24 heavy (non-hydrogen) atoms. The zero-order valence-electron chi connectivity index (χ0n) is 13.6. The molecule has 4 rings (SSSR count).